The summed E-state index contributed by atoms with van der Waals surface area (Å²) in [6, 6.07) is 7.06. The number of anilines is 1. The smallest absolute Gasteiger partial charge is 0.333 e. The van der Waals surface area contributed by atoms with Gasteiger partial charge in [0.15, 0.2) is 0 Å². The monoisotopic (exact) mass is 364 g/mol. The van der Waals surface area contributed by atoms with Gasteiger partial charge in [-0.1, -0.05) is 23.9 Å². The van der Waals surface area contributed by atoms with Gasteiger partial charge in [0.05, 0.1) is 35.8 Å². The Morgan fingerprint density at radius 3 is 2.76 bits per heavy atom. The molecule has 134 valence electrons. The van der Waals surface area contributed by atoms with Crippen LogP contribution in [-0.2, 0) is 19.1 Å². The molecule has 0 unspecified atom stereocenters. The molecule has 1 heterocycles. The Bertz CT molecular complexity index is 689. The van der Waals surface area contributed by atoms with Crippen LogP contribution in [0, 0.1) is 0 Å². The van der Waals surface area contributed by atoms with Crippen molar-refractivity contribution in [3.63, 3.8) is 0 Å². The zero-order valence-corrected chi connectivity index (χ0v) is 14.9. The van der Waals surface area contributed by atoms with Crippen LogP contribution >= 0.6 is 11.8 Å². The number of ether oxygens (including phenoxy) is 2. The predicted octanol–water partition coefficient (Wildman–Crippen LogP) is 2.00. The van der Waals surface area contributed by atoms with Crippen molar-refractivity contribution in [1.82, 2.24) is 4.90 Å². The molecule has 1 N–H and O–H groups in total. The highest BCUT2D eigenvalue weighted by atomic mass is 32.2. The highest BCUT2D eigenvalue weighted by molar-refractivity contribution is 8.04. The number of carbonyl (C=O) groups is 3. The van der Waals surface area contributed by atoms with Crippen molar-refractivity contribution in [3.8, 4) is 5.75 Å². The van der Waals surface area contributed by atoms with Gasteiger partial charge in [0, 0.05) is 0 Å². The largest absolute Gasteiger partial charge is 0.492 e. The Hall–Kier alpha value is -2.48. The average Bonchev–Trinajstić information content (AvgIpc) is 2.90. The van der Waals surface area contributed by atoms with Crippen LogP contribution in [0.3, 0.4) is 0 Å². The van der Waals surface area contributed by atoms with Crippen molar-refractivity contribution in [3.05, 3.63) is 35.4 Å². The van der Waals surface area contributed by atoms with Crippen molar-refractivity contribution in [2.24, 2.45) is 0 Å². The lowest BCUT2D eigenvalue weighted by Gasteiger charge is -2.17. The second-order valence-corrected chi connectivity index (χ2v) is 5.98. The highest BCUT2D eigenvalue weighted by Crippen LogP contribution is 2.29. The van der Waals surface area contributed by atoms with Crippen molar-refractivity contribution in [2.75, 3.05) is 30.8 Å². The standard InChI is InChI=1S/C17H20N2O5S/c1-3-23-13-8-6-5-7-12(13)18-14(20)10-19-15(21)11-25-16(19)9-17(22)24-4-2/h5-9H,3-4,10-11H2,1-2H3,(H,18,20)/b16-9-. The first-order valence-corrected chi connectivity index (χ1v) is 8.87. The third-order valence-electron chi connectivity index (χ3n) is 3.20. The van der Waals surface area contributed by atoms with Gasteiger partial charge >= 0.3 is 5.97 Å². The van der Waals surface area contributed by atoms with E-state index in [1.165, 1.54) is 22.7 Å². The van der Waals surface area contributed by atoms with Gasteiger partial charge in [0.2, 0.25) is 11.8 Å². The third kappa shape index (κ3) is 5.25. The summed E-state index contributed by atoms with van der Waals surface area (Å²) in [7, 11) is 0. The fourth-order valence-corrected chi connectivity index (χ4v) is 3.10. The lowest BCUT2D eigenvalue weighted by Crippen LogP contribution is -2.34. The molecule has 0 aromatic heterocycles. The molecule has 0 atom stereocenters. The van der Waals surface area contributed by atoms with Crippen LogP contribution in [0.5, 0.6) is 5.75 Å². The molecule has 1 aromatic carbocycles. The lowest BCUT2D eigenvalue weighted by atomic mass is 10.3. The number of rotatable bonds is 7. The summed E-state index contributed by atoms with van der Waals surface area (Å²) in [5.41, 5.74) is 0.532. The van der Waals surface area contributed by atoms with Crippen LogP contribution < -0.4 is 10.1 Å². The molecular weight excluding hydrogens is 344 g/mol. The van der Waals surface area contributed by atoms with E-state index in [9.17, 15) is 14.4 Å². The van der Waals surface area contributed by atoms with Gasteiger partial charge in [0.1, 0.15) is 12.3 Å². The number of carbonyl (C=O) groups excluding carboxylic acids is 3. The van der Waals surface area contributed by atoms with Gasteiger partial charge in [-0.25, -0.2) is 4.79 Å². The highest BCUT2D eigenvalue weighted by Gasteiger charge is 2.29. The van der Waals surface area contributed by atoms with Crippen molar-refractivity contribution >= 4 is 35.2 Å². The number of para-hydroxylation sites is 2. The first kappa shape index (κ1) is 18.9. The van der Waals surface area contributed by atoms with Gasteiger partial charge in [0.25, 0.3) is 0 Å². The first-order chi connectivity index (χ1) is 12.0. The summed E-state index contributed by atoms with van der Waals surface area (Å²) in [5, 5.41) is 3.14. The van der Waals surface area contributed by atoms with E-state index in [0.717, 1.165) is 0 Å². The van der Waals surface area contributed by atoms with E-state index in [-0.39, 0.29) is 30.7 Å². The van der Waals surface area contributed by atoms with Crippen molar-refractivity contribution in [2.45, 2.75) is 13.8 Å². The molecule has 0 radical (unpaired) electrons. The van der Waals surface area contributed by atoms with Crippen LogP contribution in [0.25, 0.3) is 0 Å². The minimum Gasteiger partial charge on any atom is -0.492 e. The van der Waals surface area contributed by atoms with Crippen LogP contribution in [0.2, 0.25) is 0 Å². The Labute approximate surface area is 150 Å². The molecule has 8 heteroatoms. The summed E-state index contributed by atoms with van der Waals surface area (Å²) in [4.78, 5) is 37.2. The zero-order chi connectivity index (χ0) is 18.2. The van der Waals surface area contributed by atoms with E-state index >= 15 is 0 Å². The van der Waals surface area contributed by atoms with E-state index in [1.54, 1.807) is 25.1 Å². The van der Waals surface area contributed by atoms with Crippen molar-refractivity contribution in [1.29, 1.82) is 0 Å². The Morgan fingerprint density at radius 1 is 1.28 bits per heavy atom. The number of nitrogens with zero attached hydrogens (tertiary/aromatic N) is 1. The molecule has 1 fully saturated rings. The summed E-state index contributed by atoms with van der Waals surface area (Å²) in [6.07, 6.45) is 1.24. The van der Waals surface area contributed by atoms with Crippen LogP contribution in [0.15, 0.2) is 35.4 Å². The molecule has 0 bridgehead atoms. The number of benzene rings is 1. The lowest BCUT2D eigenvalue weighted by molar-refractivity contribution is -0.137. The molecule has 0 saturated carbocycles. The minimum absolute atomic E-state index is 0.183. The minimum atomic E-state index is -0.535. The quantitative estimate of drug-likeness (QED) is 0.588. The second kappa shape index (κ2) is 9.12. The van der Waals surface area contributed by atoms with Crippen LogP contribution in [0.1, 0.15) is 13.8 Å². The summed E-state index contributed by atoms with van der Waals surface area (Å²) in [5.74, 6) is -0.394. The summed E-state index contributed by atoms with van der Waals surface area (Å²) in [6.45, 7) is 4.09. The predicted molar refractivity (Wildman–Crippen MR) is 95.1 cm³/mol. The van der Waals surface area contributed by atoms with E-state index < -0.39 is 5.97 Å². The van der Waals surface area contributed by atoms with Crippen molar-refractivity contribution < 1.29 is 23.9 Å². The molecule has 0 aliphatic carbocycles. The van der Waals surface area contributed by atoms with Crippen LogP contribution in [-0.4, -0.2) is 48.2 Å². The van der Waals surface area contributed by atoms with Gasteiger partial charge in [-0.15, -0.1) is 0 Å². The Balaban J connectivity index is 2.05. The van der Waals surface area contributed by atoms with E-state index in [4.69, 9.17) is 9.47 Å². The molecular formula is C17H20N2O5S. The number of nitrogens with one attached hydrogen (secondary N) is 1. The first-order valence-electron chi connectivity index (χ1n) is 7.88. The van der Waals surface area contributed by atoms with Gasteiger partial charge in [-0.05, 0) is 26.0 Å². The molecule has 7 nitrogen and oxygen atoms in total. The molecule has 1 aromatic rings. The zero-order valence-electron chi connectivity index (χ0n) is 14.1. The summed E-state index contributed by atoms with van der Waals surface area (Å²) < 4.78 is 10.3. The Kier molecular flexibility index (Phi) is 6.88. The normalized spacial score (nSPS) is 15.4. The van der Waals surface area contributed by atoms with Gasteiger partial charge in [-0.2, -0.15) is 0 Å². The SMILES string of the molecule is CCOC(=O)/C=C1\SCC(=O)N1CC(=O)Nc1ccccc1OCC. The van der Waals surface area contributed by atoms with E-state index in [1.807, 2.05) is 13.0 Å². The molecule has 25 heavy (non-hydrogen) atoms. The summed E-state index contributed by atoms with van der Waals surface area (Å²) >= 11 is 1.20. The molecule has 1 saturated heterocycles. The molecule has 2 amide bonds. The fourth-order valence-electron chi connectivity index (χ4n) is 2.17. The maximum Gasteiger partial charge on any atom is 0.333 e. The second-order valence-electron chi connectivity index (χ2n) is 4.98. The molecule has 1 aliphatic rings. The van der Waals surface area contributed by atoms with E-state index in [0.29, 0.717) is 23.1 Å². The average molecular weight is 364 g/mol. The van der Waals surface area contributed by atoms with E-state index in [2.05, 4.69) is 5.32 Å². The number of hydrogen-bond donors (Lipinski definition) is 1. The van der Waals surface area contributed by atoms with Gasteiger partial charge < -0.3 is 14.8 Å². The topological polar surface area (TPSA) is 84.9 Å². The maximum absolute atomic E-state index is 12.3. The van der Waals surface area contributed by atoms with Crippen LogP contribution in [0.4, 0.5) is 5.69 Å². The molecule has 1 aliphatic heterocycles. The van der Waals surface area contributed by atoms with Gasteiger partial charge in [-0.3, -0.25) is 14.5 Å². The number of thioether (sulfide) groups is 1. The number of hydrogen-bond acceptors (Lipinski definition) is 6. The number of esters is 1. The molecule has 0 spiro atoms. The number of amides is 2. The molecule has 2 rings (SSSR count). The third-order valence-corrected chi connectivity index (χ3v) is 4.23. The Morgan fingerprint density at radius 2 is 2.04 bits per heavy atom. The maximum atomic E-state index is 12.3. The fraction of sp³-hybridized carbons (Fsp3) is 0.353.